The van der Waals surface area contributed by atoms with Crippen molar-refractivity contribution in [2.45, 2.75) is 43.9 Å². The van der Waals surface area contributed by atoms with Gasteiger partial charge in [-0.05, 0) is 36.1 Å². The van der Waals surface area contributed by atoms with Gasteiger partial charge in [0.25, 0.3) is 0 Å². The van der Waals surface area contributed by atoms with E-state index >= 15 is 0 Å². The van der Waals surface area contributed by atoms with E-state index in [1.807, 2.05) is 12.1 Å². The SMILES string of the molecule is CC(=O)c1ccc(Cc2cc(C3OC(CO)C(O)C(O)C3O)ccc2Cl)cc1. The second-order valence-electron chi connectivity index (χ2n) is 7.03. The molecule has 2 aromatic carbocycles. The molecule has 6 nitrogen and oxygen atoms in total. The first-order valence-corrected chi connectivity index (χ1v) is 9.38. The minimum Gasteiger partial charge on any atom is -0.394 e. The van der Waals surface area contributed by atoms with Crippen molar-refractivity contribution in [3.8, 4) is 0 Å². The maximum atomic E-state index is 11.4. The normalized spacial score (nSPS) is 27.6. The molecule has 0 spiro atoms. The summed E-state index contributed by atoms with van der Waals surface area (Å²) in [5.74, 6) is -0.00537. The topological polar surface area (TPSA) is 107 Å². The summed E-state index contributed by atoms with van der Waals surface area (Å²) in [5.41, 5.74) is 2.95. The highest BCUT2D eigenvalue weighted by atomic mass is 35.5. The van der Waals surface area contributed by atoms with E-state index in [0.717, 1.165) is 11.1 Å². The molecule has 0 amide bonds. The molecule has 1 saturated heterocycles. The van der Waals surface area contributed by atoms with Crippen LogP contribution in [0.15, 0.2) is 42.5 Å². The number of hydrogen-bond donors (Lipinski definition) is 4. The van der Waals surface area contributed by atoms with E-state index in [4.69, 9.17) is 16.3 Å². The van der Waals surface area contributed by atoms with Crippen LogP contribution in [0.3, 0.4) is 0 Å². The second kappa shape index (κ2) is 8.69. The number of hydrogen-bond acceptors (Lipinski definition) is 6. The van der Waals surface area contributed by atoms with Gasteiger partial charge in [0.2, 0.25) is 0 Å². The Kier molecular flexibility index (Phi) is 6.50. The molecule has 1 aliphatic rings. The molecule has 1 fully saturated rings. The zero-order valence-corrected chi connectivity index (χ0v) is 16.1. The largest absolute Gasteiger partial charge is 0.394 e. The Balaban J connectivity index is 1.85. The summed E-state index contributed by atoms with van der Waals surface area (Å²) >= 11 is 6.32. The first-order valence-electron chi connectivity index (χ1n) is 9.00. The maximum Gasteiger partial charge on any atom is 0.159 e. The molecule has 28 heavy (non-hydrogen) atoms. The minimum absolute atomic E-state index is 0.00537. The smallest absolute Gasteiger partial charge is 0.159 e. The number of aliphatic hydroxyl groups excluding tert-OH is 4. The van der Waals surface area contributed by atoms with Crippen molar-refractivity contribution in [2.24, 2.45) is 0 Å². The summed E-state index contributed by atoms with van der Waals surface area (Å²) in [6.45, 7) is 1.03. The molecule has 1 heterocycles. The first kappa shape index (κ1) is 20.9. The van der Waals surface area contributed by atoms with Gasteiger partial charge in [-0.25, -0.2) is 0 Å². The molecule has 2 aromatic rings. The predicted octanol–water partition coefficient (Wildman–Crippen LogP) is 1.65. The van der Waals surface area contributed by atoms with Crippen LogP contribution in [0.1, 0.15) is 40.1 Å². The van der Waals surface area contributed by atoms with Gasteiger partial charge in [0.05, 0.1) is 6.61 Å². The minimum atomic E-state index is -1.44. The Labute approximate surface area is 168 Å². The van der Waals surface area contributed by atoms with Crippen molar-refractivity contribution in [3.05, 3.63) is 69.7 Å². The highest BCUT2D eigenvalue weighted by Crippen LogP contribution is 2.34. The van der Waals surface area contributed by atoms with Crippen molar-refractivity contribution < 1.29 is 30.0 Å². The lowest BCUT2D eigenvalue weighted by Crippen LogP contribution is -2.55. The first-order chi connectivity index (χ1) is 13.3. The average Bonchev–Trinajstić information content (AvgIpc) is 2.69. The predicted molar refractivity (Wildman–Crippen MR) is 103 cm³/mol. The third-order valence-corrected chi connectivity index (χ3v) is 5.41. The van der Waals surface area contributed by atoms with Crippen LogP contribution in [0.25, 0.3) is 0 Å². The summed E-state index contributed by atoms with van der Waals surface area (Å²) in [4.78, 5) is 11.4. The molecule has 7 heteroatoms. The van der Waals surface area contributed by atoms with Gasteiger partial charge >= 0.3 is 0 Å². The van der Waals surface area contributed by atoms with Gasteiger partial charge in [0.15, 0.2) is 5.78 Å². The van der Waals surface area contributed by atoms with Crippen LogP contribution in [0.2, 0.25) is 5.02 Å². The Bertz CT molecular complexity index is 835. The number of ether oxygens (including phenoxy) is 1. The van der Waals surface area contributed by atoms with Gasteiger partial charge in [-0.2, -0.15) is 0 Å². The van der Waals surface area contributed by atoms with Crippen LogP contribution in [0.4, 0.5) is 0 Å². The molecule has 3 rings (SSSR count). The zero-order valence-electron chi connectivity index (χ0n) is 15.3. The Morgan fingerprint density at radius 2 is 1.71 bits per heavy atom. The number of carbonyl (C=O) groups excluding carboxylic acids is 1. The van der Waals surface area contributed by atoms with E-state index in [0.29, 0.717) is 22.6 Å². The lowest BCUT2D eigenvalue weighted by atomic mass is 9.90. The zero-order chi connectivity index (χ0) is 20.4. The molecular formula is C21H23ClO6. The quantitative estimate of drug-likeness (QED) is 0.562. The number of rotatable bonds is 5. The fraction of sp³-hybridized carbons (Fsp3) is 0.381. The van der Waals surface area contributed by atoms with Gasteiger partial charge in [-0.1, -0.05) is 48.0 Å². The molecule has 0 bridgehead atoms. The number of halogens is 1. The molecule has 0 aliphatic carbocycles. The van der Waals surface area contributed by atoms with E-state index in [1.165, 1.54) is 6.92 Å². The van der Waals surface area contributed by atoms with E-state index in [2.05, 4.69) is 0 Å². The van der Waals surface area contributed by atoms with Crippen LogP contribution in [-0.2, 0) is 11.2 Å². The van der Waals surface area contributed by atoms with Crippen molar-refractivity contribution in [3.63, 3.8) is 0 Å². The van der Waals surface area contributed by atoms with Crippen LogP contribution in [0, 0.1) is 0 Å². The summed E-state index contributed by atoms with van der Waals surface area (Å²) in [6.07, 6.45) is -5.56. The lowest BCUT2D eigenvalue weighted by Gasteiger charge is -2.40. The van der Waals surface area contributed by atoms with E-state index in [-0.39, 0.29) is 5.78 Å². The van der Waals surface area contributed by atoms with Gasteiger partial charge in [-0.3, -0.25) is 4.79 Å². The van der Waals surface area contributed by atoms with Gasteiger partial charge < -0.3 is 25.2 Å². The number of carbonyl (C=O) groups is 1. The molecule has 150 valence electrons. The number of ketones is 1. The summed E-state index contributed by atoms with van der Waals surface area (Å²) < 4.78 is 5.61. The van der Waals surface area contributed by atoms with Gasteiger partial charge in [-0.15, -0.1) is 0 Å². The Hall–Kier alpha value is -1.80. The summed E-state index contributed by atoms with van der Waals surface area (Å²) in [7, 11) is 0. The molecule has 4 N–H and O–H groups in total. The average molecular weight is 407 g/mol. The summed E-state index contributed by atoms with van der Waals surface area (Å²) in [6, 6.07) is 12.4. The van der Waals surface area contributed by atoms with E-state index in [9.17, 15) is 25.2 Å². The van der Waals surface area contributed by atoms with Gasteiger partial charge in [0, 0.05) is 10.6 Å². The molecule has 0 saturated carbocycles. The fourth-order valence-electron chi connectivity index (χ4n) is 3.36. The molecule has 5 unspecified atom stereocenters. The van der Waals surface area contributed by atoms with Crippen molar-refractivity contribution in [2.75, 3.05) is 6.61 Å². The Morgan fingerprint density at radius 3 is 2.32 bits per heavy atom. The van der Waals surface area contributed by atoms with Crippen LogP contribution < -0.4 is 0 Å². The number of benzene rings is 2. The van der Waals surface area contributed by atoms with Crippen LogP contribution in [0.5, 0.6) is 0 Å². The van der Waals surface area contributed by atoms with Crippen LogP contribution >= 0.6 is 11.6 Å². The third-order valence-electron chi connectivity index (χ3n) is 5.05. The fourth-order valence-corrected chi connectivity index (χ4v) is 3.55. The van der Waals surface area contributed by atoms with Crippen LogP contribution in [-0.4, -0.2) is 57.2 Å². The highest BCUT2D eigenvalue weighted by Gasteiger charge is 2.43. The maximum absolute atomic E-state index is 11.4. The summed E-state index contributed by atoms with van der Waals surface area (Å²) in [5, 5.41) is 40.2. The second-order valence-corrected chi connectivity index (χ2v) is 7.44. The van der Waals surface area contributed by atoms with Crippen molar-refractivity contribution in [1.82, 2.24) is 0 Å². The highest BCUT2D eigenvalue weighted by molar-refractivity contribution is 6.31. The molecule has 5 atom stereocenters. The number of Topliss-reactive ketones (excluding diaryl/α,β-unsaturated/α-hetero) is 1. The van der Waals surface area contributed by atoms with E-state index < -0.39 is 37.1 Å². The van der Waals surface area contributed by atoms with E-state index in [1.54, 1.807) is 30.3 Å². The molecule has 1 aliphatic heterocycles. The molecule has 0 radical (unpaired) electrons. The Morgan fingerprint density at radius 1 is 1.04 bits per heavy atom. The lowest BCUT2D eigenvalue weighted by molar-refractivity contribution is -0.231. The molecule has 0 aromatic heterocycles. The van der Waals surface area contributed by atoms with Gasteiger partial charge in [0.1, 0.15) is 30.5 Å². The van der Waals surface area contributed by atoms with Crippen molar-refractivity contribution >= 4 is 17.4 Å². The third kappa shape index (κ3) is 4.27. The monoisotopic (exact) mass is 406 g/mol. The molecular weight excluding hydrogens is 384 g/mol. The standard InChI is InChI=1S/C21H23ClO6/c1-11(24)13-4-2-12(3-5-13)8-15-9-14(6-7-16(15)22)21-20(27)19(26)18(25)17(10-23)28-21/h2-7,9,17-21,23,25-27H,8,10H2,1H3. The van der Waals surface area contributed by atoms with Crippen molar-refractivity contribution in [1.29, 1.82) is 0 Å². The number of aliphatic hydroxyl groups is 4.